The van der Waals surface area contributed by atoms with Crippen molar-refractivity contribution in [3.63, 3.8) is 0 Å². The van der Waals surface area contributed by atoms with Gasteiger partial charge in [-0.2, -0.15) is 0 Å². The molecule has 1 aliphatic rings. The fourth-order valence-electron chi connectivity index (χ4n) is 3.00. The van der Waals surface area contributed by atoms with E-state index in [2.05, 4.69) is 53.4 Å². The van der Waals surface area contributed by atoms with Crippen LogP contribution in [0.15, 0.2) is 48.5 Å². The van der Waals surface area contributed by atoms with E-state index in [0.29, 0.717) is 0 Å². The fourth-order valence-corrected chi connectivity index (χ4v) is 3.00. The molecule has 2 heteroatoms. The molecule has 0 amide bonds. The molecule has 94 valence electrons. The van der Waals surface area contributed by atoms with Crippen molar-refractivity contribution in [3.8, 4) is 0 Å². The summed E-state index contributed by atoms with van der Waals surface area (Å²) in [5.74, 6) is 0. The van der Waals surface area contributed by atoms with Crippen LogP contribution in [-0.2, 0) is 0 Å². The lowest BCUT2D eigenvalue weighted by Gasteiger charge is -2.19. The molecule has 4 rings (SSSR count). The quantitative estimate of drug-likeness (QED) is 0.605. The second-order valence-corrected chi connectivity index (χ2v) is 5.22. The normalized spacial score (nSPS) is 15.5. The van der Waals surface area contributed by atoms with Crippen molar-refractivity contribution in [2.45, 2.75) is 12.8 Å². The average Bonchev–Trinajstić information content (AvgIpc) is 2.98. The molecule has 0 atom stereocenters. The third kappa shape index (κ3) is 1.75. The first-order valence-corrected chi connectivity index (χ1v) is 6.95. The zero-order valence-electron chi connectivity index (χ0n) is 10.8. The van der Waals surface area contributed by atoms with Gasteiger partial charge in [-0.3, -0.25) is 0 Å². The third-order valence-corrected chi connectivity index (χ3v) is 3.97. The van der Waals surface area contributed by atoms with Gasteiger partial charge in [0, 0.05) is 23.9 Å². The monoisotopic (exact) mass is 248 g/mol. The Labute approximate surface area is 112 Å². The van der Waals surface area contributed by atoms with E-state index in [9.17, 15) is 0 Å². The van der Waals surface area contributed by atoms with E-state index in [4.69, 9.17) is 4.98 Å². The lowest BCUT2D eigenvalue weighted by molar-refractivity contribution is 0.949. The van der Waals surface area contributed by atoms with Crippen molar-refractivity contribution in [2.75, 3.05) is 18.0 Å². The van der Waals surface area contributed by atoms with Gasteiger partial charge in [-0.05, 0) is 31.0 Å². The SMILES string of the molecule is c1ccc2nc3c(N4CCCC4)cccc3cc2c1. The van der Waals surface area contributed by atoms with E-state index >= 15 is 0 Å². The van der Waals surface area contributed by atoms with Crippen LogP contribution in [0.25, 0.3) is 21.8 Å². The Balaban J connectivity index is 2.00. The molecule has 0 radical (unpaired) electrons. The zero-order chi connectivity index (χ0) is 12.7. The number of hydrogen-bond donors (Lipinski definition) is 0. The van der Waals surface area contributed by atoms with Crippen molar-refractivity contribution in [2.24, 2.45) is 0 Å². The lowest BCUT2D eigenvalue weighted by atomic mass is 10.1. The molecule has 3 aromatic rings. The summed E-state index contributed by atoms with van der Waals surface area (Å²) in [4.78, 5) is 7.34. The molecule has 1 aromatic heterocycles. The third-order valence-electron chi connectivity index (χ3n) is 3.97. The average molecular weight is 248 g/mol. The summed E-state index contributed by atoms with van der Waals surface area (Å²) in [6, 6.07) is 17.1. The highest BCUT2D eigenvalue weighted by atomic mass is 15.1. The van der Waals surface area contributed by atoms with E-state index < -0.39 is 0 Å². The molecule has 0 saturated carbocycles. The van der Waals surface area contributed by atoms with Crippen LogP contribution in [0.5, 0.6) is 0 Å². The minimum atomic E-state index is 1.08. The number of benzene rings is 2. The van der Waals surface area contributed by atoms with E-state index in [1.54, 1.807) is 0 Å². The van der Waals surface area contributed by atoms with E-state index in [0.717, 1.165) is 24.1 Å². The molecule has 1 fully saturated rings. The maximum atomic E-state index is 4.88. The topological polar surface area (TPSA) is 16.1 Å². The molecule has 1 aliphatic heterocycles. The second kappa shape index (κ2) is 4.23. The highest BCUT2D eigenvalue weighted by Gasteiger charge is 2.15. The zero-order valence-corrected chi connectivity index (χ0v) is 10.8. The van der Waals surface area contributed by atoms with Gasteiger partial charge in [0.2, 0.25) is 0 Å². The fraction of sp³-hybridized carbons (Fsp3) is 0.235. The summed E-state index contributed by atoms with van der Waals surface area (Å²) in [5, 5.41) is 2.46. The smallest absolute Gasteiger partial charge is 0.0943 e. The first-order valence-electron chi connectivity index (χ1n) is 6.95. The highest BCUT2D eigenvalue weighted by molar-refractivity contribution is 5.98. The van der Waals surface area contributed by atoms with Gasteiger partial charge in [-0.25, -0.2) is 4.98 Å². The van der Waals surface area contributed by atoms with Crippen LogP contribution in [0.3, 0.4) is 0 Å². The molecular weight excluding hydrogens is 232 g/mol. The number of para-hydroxylation sites is 2. The number of hydrogen-bond acceptors (Lipinski definition) is 2. The molecule has 2 nitrogen and oxygen atoms in total. The summed E-state index contributed by atoms with van der Waals surface area (Å²) in [5.41, 5.74) is 3.52. The van der Waals surface area contributed by atoms with Crippen LogP contribution in [-0.4, -0.2) is 18.1 Å². The maximum absolute atomic E-state index is 4.88. The van der Waals surface area contributed by atoms with Crippen molar-refractivity contribution in [3.05, 3.63) is 48.5 Å². The van der Waals surface area contributed by atoms with Crippen molar-refractivity contribution < 1.29 is 0 Å². The van der Waals surface area contributed by atoms with Gasteiger partial charge in [0.15, 0.2) is 0 Å². The summed E-state index contributed by atoms with van der Waals surface area (Å²) < 4.78 is 0. The van der Waals surface area contributed by atoms with Gasteiger partial charge in [0.25, 0.3) is 0 Å². The number of aromatic nitrogens is 1. The van der Waals surface area contributed by atoms with Gasteiger partial charge < -0.3 is 4.90 Å². The molecule has 0 bridgehead atoms. The maximum Gasteiger partial charge on any atom is 0.0943 e. The Morgan fingerprint density at radius 2 is 1.63 bits per heavy atom. The molecular formula is C17H16N2. The van der Waals surface area contributed by atoms with Crippen molar-refractivity contribution >= 4 is 27.5 Å². The summed E-state index contributed by atoms with van der Waals surface area (Å²) in [6.07, 6.45) is 2.59. The predicted molar refractivity (Wildman–Crippen MR) is 80.7 cm³/mol. The van der Waals surface area contributed by atoms with Gasteiger partial charge in [-0.15, -0.1) is 0 Å². The van der Waals surface area contributed by atoms with Crippen LogP contribution < -0.4 is 4.90 Å². The number of fused-ring (bicyclic) bond motifs is 2. The van der Waals surface area contributed by atoms with Crippen LogP contribution in [0.4, 0.5) is 5.69 Å². The standard InChI is InChI=1S/C17H16N2/c1-2-8-15-13(6-1)12-14-7-5-9-16(17(14)18-15)19-10-3-4-11-19/h1-2,5-9,12H,3-4,10-11H2. The Morgan fingerprint density at radius 3 is 2.53 bits per heavy atom. The number of pyridine rings is 1. The first-order chi connectivity index (χ1) is 9.42. The molecule has 1 saturated heterocycles. The second-order valence-electron chi connectivity index (χ2n) is 5.22. The van der Waals surface area contributed by atoms with E-state index in [1.165, 1.54) is 29.3 Å². The Kier molecular flexibility index (Phi) is 2.41. The Hall–Kier alpha value is -2.09. The predicted octanol–water partition coefficient (Wildman–Crippen LogP) is 3.99. The summed E-state index contributed by atoms with van der Waals surface area (Å²) in [7, 11) is 0. The lowest BCUT2D eigenvalue weighted by Crippen LogP contribution is -2.18. The molecule has 0 N–H and O–H groups in total. The van der Waals surface area contributed by atoms with Crippen LogP contribution in [0.2, 0.25) is 0 Å². The summed E-state index contributed by atoms with van der Waals surface area (Å²) >= 11 is 0. The Morgan fingerprint density at radius 1 is 0.842 bits per heavy atom. The van der Waals surface area contributed by atoms with Crippen LogP contribution in [0, 0.1) is 0 Å². The van der Waals surface area contributed by atoms with Gasteiger partial charge >= 0.3 is 0 Å². The molecule has 2 heterocycles. The number of anilines is 1. The number of rotatable bonds is 1. The minimum absolute atomic E-state index is 1.08. The molecule has 19 heavy (non-hydrogen) atoms. The highest BCUT2D eigenvalue weighted by Crippen LogP contribution is 2.30. The molecule has 0 unspecified atom stereocenters. The number of nitrogens with zero attached hydrogens (tertiary/aromatic N) is 2. The van der Waals surface area contributed by atoms with Crippen LogP contribution >= 0.6 is 0 Å². The molecule has 0 spiro atoms. The van der Waals surface area contributed by atoms with Gasteiger partial charge in [0.1, 0.15) is 0 Å². The van der Waals surface area contributed by atoms with Gasteiger partial charge in [-0.1, -0.05) is 30.3 Å². The molecule has 0 aliphatic carbocycles. The van der Waals surface area contributed by atoms with E-state index in [1.807, 2.05) is 0 Å². The van der Waals surface area contributed by atoms with Gasteiger partial charge in [0.05, 0.1) is 16.7 Å². The minimum Gasteiger partial charge on any atom is -0.370 e. The summed E-state index contributed by atoms with van der Waals surface area (Å²) in [6.45, 7) is 2.32. The van der Waals surface area contributed by atoms with E-state index in [-0.39, 0.29) is 0 Å². The van der Waals surface area contributed by atoms with Crippen molar-refractivity contribution in [1.82, 2.24) is 4.98 Å². The first kappa shape index (κ1) is 10.8. The largest absolute Gasteiger partial charge is 0.370 e. The van der Waals surface area contributed by atoms with Crippen molar-refractivity contribution in [1.29, 1.82) is 0 Å². The Bertz CT molecular complexity index is 742. The molecule has 2 aromatic carbocycles. The van der Waals surface area contributed by atoms with Crippen LogP contribution in [0.1, 0.15) is 12.8 Å².